The number of likely N-dealkylation sites (tertiary alicyclic amines) is 1. The van der Waals surface area contributed by atoms with Crippen molar-refractivity contribution in [3.05, 3.63) is 52.2 Å². The SMILES string of the molecule is COc1ccc(CN2C[C@@H]3C[C@H](c4cccs4)N4CCC[C@]34C2)cc1. The fourth-order valence-electron chi connectivity index (χ4n) is 5.61. The number of ether oxygens (including phenoxy) is 1. The van der Waals surface area contributed by atoms with Crippen LogP contribution in [0.15, 0.2) is 41.8 Å². The topological polar surface area (TPSA) is 15.7 Å². The minimum Gasteiger partial charge on any atom is -0.497 e. The van der Waals surface area contributed by atoms with Gasteiger partial charge < -0.3 is 4.74 Å². The molecule has 3 saturated heterocycles. The van der Waals surface area contributed by atoms with Crippen LogP contribution in [-0.4, -0.2) is 42.1 Å². The standard InChI is InChI=1S/C21H26N2OS/c1-24-18-7-5-16(6-8-18)13-22-14-17-12-19(20-4-2-11-25-20)23-10-3-9-21(17,23)15-22/h2,4-8,11,17,19H,3,9-10,12-15H2,1H3/t17-,19+,21-/m0/s1. The van der Waals surface area contributed by atoms with Crippen LogP contribution in [0.2, 0.25) is 0 Å². The van der Waals surface area contributed by atoms with E-state index in [4.69, 9.17) is 4.74 Å². The van der Waals surface area contributed by atoms with Crippen LogP contribution in [0.1, 0.15) is 35.7 Å². The summed E-state index contributed by atoms with van der Waals surface area (Å²) in [5.41, 5.74) is 1.85. The molecule has 1 aromatic carbocycles. The second-order valence-corrected chi connectivity index (χ2v) is 8.86. The van der Waals surface area contributed by atoms with E-state index in [1.807, 2.05) is 11.3 Å². The van der Waals surface area contributed by atoms with E-state index in [0.29, 0.717) is 11.6 Å². The summed E-state index contributed by atoms with van der Waals surface area (Å²) in [4.78, 5) is 7.14. The van der Waals surface area contributed by atoms with Crippen LogP contribution >= 0.6 is 11.3 Å². The van der Waals surface area contributed by atoms with Crippen molar-refractivity contribution in [2.24, 2.45) is 5.92 Å². The Morgan fingerprint density at radius 1 is 1.24 bits per heavy atom. The Labute approximate surface area is 154 Å². The zero-order chi connectivity index (χ0) is 16.9. The monoisotopic (exact) mass is 354 g/mol. The molecule has 4 heteroatoms. The van der Waals surface area contributed by atoms with Gasteiger partial charge in [0.25, 0.3) is 0 Å². The Bertz CT molecular complexity index is 729. The molecule has 3 aliphatic heterocycles. The lowest BCUT2D eigenvalue weighted by atomic mass is 9.86. The average molecular weight is 355 g/mol. The van der Waals surface area contributed by atoms with Crippen molar-refractivity contribution in [3.63, 3.8) is 0 Å². The van der Waals surface area contributed by atoms with Gasteiger partial charge in [0, 0.05) is 36.1 Å². The molecule has 1 spiro atoms. The van der Waals surface area contributed by atoms with Gasteiger partial charge in [0.1, 0.15) is 5.75 Å². The molecule has 0 aliphatic carbocycles. The normalized spacial score (nSPS) is 32.0. The second kappa shape index (κ2) is 6.11. The maximum atomic E-state index is 5.28. The first-order valence-corrected chi connectivity index (χ1v) is 10.3. The van der Waals surface area contributed by atoms with Gasteiger partial charge in [-0.15, -0.1) is 11.3 Å². The first kappa shape index (κ1) is 15.9. The van der Waals surface area contributed by atoms with Crippen LogP contribution in [0.5, 0.6) is 5.75 Å². The summed E-state index contributed by atoms with van der Waals surface area (Å²) in [5.74, 6) is 1.78. The number of rotatable bonds is 4. The van der Waals surface area contributed by atoms with Gasteiger partial charge in [0.05, 0.1) is 7.11 Å². The molecule has 3 nitrogen and oxygen atoms in total. The fourth-order valence-corrected chi connectivity index (χ4v) is 6.46. The van der Waals surface area contributed by atoms with Crippen molar-refractivity contribution in [2.75, 3.05) is 26.7 Å². The molecule has 0 bridgehead atoms. The molecule has 0 radical (unpaired) electrons. The van der Waals surface area contributed by atoms with E-state index in [1.54, 1.807) is 12.0 Å². The van der Waals surface area contributed by atoms with E-state index in [0.717, 1.165) is 18.2 Å². The molecular weight excluding hydrogens is 328 g/mol. The molecule has 3 atom stereocenters. The van der Waals surface area contributed by atoms with E-state index in [1.165, 1.54) is 44.5 Å². The Morgan fingerprint density at radius 3 is 2.88 bits per heavy atom. The molecule has 3 fully saturated rings. The fraction of sp³-hybridized carbons (Fsp3) is 0.524. The lowest BCUT2D eigenvalue weighted by molar-refractivity contribution is 0.132. The third-order valence-electron chi connectivity index (χ3n) is 6.64. The highest BCUT2D eigenvalue weighted by molar-refractivity contribution is 7.10. The summed E-state index contributed by atoms with van der Waals surface area (Å²) < 4.78 is 5.28. The molecule has 0 amide bonds. The molecule has 0 unspecified atom stereocenters. The minimum atomic E-state index is 0.446. The van der Waals surface area contributed by atoms with Gasteiger partial charge in [-0.1, -0.05) is 18.2 Å². The molecule has 0 N–H and O–H groups in total. The third kappa shape index (κ3) is 2.54. The second-order valence-electron chi connectivity index (χ2n) is 7.88. The first-order chi connectivity index (χ1) is 12.3. The van der Waals surface area contributed by atoms with Gasteiger partial charge in [-0.2, -0.15) is 0 Å². The van der Waals surface area contributed by atoms with Gasteiger partial charge in [-0.25, -0.2) is 0 Å². The number of hydrogen-bond acceptors (Lipinski definition) is 4. The van der Waals surface area contributed by atoms with Gasteiger partial charge >= 0.3 is 0 Å². The summed E-state index contributed by atoms with van der Waals surface area (Å²) in [6.45, 7) is 4.85. The van der Waals surface area contributed by atoms with E-state index in [-0.39, 0.29) is 0 Å². The number of benzene rings is 1. The lowest BCUT2D eigenvalue weighted by Crippen LogP contribution is -2.45. The maximum absolute atomic E-state index is 5.28. The molecule has 132 valence electrons. The lowest BCUT2D eigenvalue weighted by Gasteiger charge is -2.35. The maximum Gasteiger partial charge on any atom is 0.118 e. The van der Waals surface area contributed by atoms with Gasteiger partial charge in [0.15, 0.2) is 0 Å². The predicted octanol–water partition coefficient (Wildman–Crippen LogP) is 4.17. The van der Waals surface area contributed by atoms with Gasteiger partial charge in [-0.3, -0.25) is 9.80 Å². The van der Waals surface area contributed by atoms with Crippen molar-refractivity contribution in [1.29, 1.82) is 0 Å². The molecule has 2 aromatic rings. The van der Waals surface area contributed by atoms with Crippen LogP contribution < -0.4 is 4.74 Å². The van der Waals surface area contributed by atoms with Crippen molar-refractivity contribution in [2.45, 2.75) is 37.4 Å². The molecule has 1 aromatic heterocycles. The van der Waals surface area contributed by atoms with Gasteiger partial charge in [-0.05, 0) is 60.9 Å². The first-order valence-electron chi connectivity index (χ1n) is 9.44. The zero-order valence-corrected chi connectivity index (χ0v) is 15.7. The molecular formula is C21H26N2OS. The largest absolute Gasteiger partial charge is 0.497 e. The van der Waals surface area contributed by atoms with Crippen LogP contribution in [-0.2, 0) is 6.54 Å². The minimum absolute atomic E-state index is 0.446. The Morgan fingerprint density at radius 2 is 2.12 bits per heavy atom. The van der Waals surface area contributed by atoms with E-state index >= 15 is 0 Å². The average Bonchev–Trinajstić information content (AvgIpc) is 3.37. The molecule has 4 heterocycles. The van der Waals surface area contributed by atoms with Crippen LogP contribution in [0, 0.1) is 5.92 Å². The number of hydrogen-bond donors (Lipinski definition) is 0. The summed E-state index contributed by atoms with van der Waals surface area (Å²) in [6, 6.07) is 13.8. The summed E-state index contributed by atoms with van der Waals surface area (Å²) in [6.07, 6.45) is 4.10. The van der Waals surface area contributed by atoms with Crippen LogP contribution in [0.4, 0.5) is 0 Å². The third-order valence-corrected chi connectivity index (χ3v) is 7.61. The molecule has 0 saturated carbocycles. The van der Waals surface area contributed by atoms with Gasteiger partial charge in [0.2, 0.25) is 0 Å². The van der Waals surface area contributed by atoms with E-state index < -0.39 is 0 Å². The highest BCUT2D eigenvalue weighted by Gasteiger charge is 2.59. The number of methoxy groups -OCH3 is 1. The molecule has 5 rings (SSSR count). The predicted molar refractivity (Wildman–Crippen MR) is 102 cm³/mol. The van der Waals surface area contributed by atoms with Crippen molar-refractivity contribution in [3.8, 4) is 5.75 Å². The Kier molecular flexibility index (Phi) is 3.88. The van der Waals surface area contributed by atoms with Crippen molar-refractivity contribution < 1.29 is 4.74 Å². The molecule has 25 heavy (non-hydrogen) atoms. The summed E-state index contributed by atoms with van der Waals surface area (Å²) in [7, 11) is 1.73. The van der Waals surface area contributed by atoms with Crippen LogP contribution in [0.3, 0.4) is 0 Å². The number of thiophene rings is 1. The summed E-state index contributed by atoms with van der Waals surface area (Å²) in [5, 5.41) is 2.24. The Balaban J connectivity index is 1.33. The highest BCUT2D eigenvalue weighted by Crippen LogP contribution is 2.56. The highest BCUT2D eigenvalue weighted by atomic mass is 32.1. The Hall–Kier alpha value is -1.36. The summed E-state index contributed by atoms with van der Waals surface area (Å²) >= 11 is 1.94. The van der Waals surface area contributed by atoms with E-state index in [2.05, 4.69) is 51.6 Å². The van der Waals surface area contributed by atoms with Crippen LogP contribution in [0.25, 0.3) is 0 Å². The van der Waals surface area contributed by atoms with Crippen molar-refractivity contribution >= 4 is 11.3 Å². The smallest absolute Gasteiger partial charge is 0.118 e. The van der Waals surface area contributed by atoms with Crippen molar-refractivity contribution in [1.82, 2.24) is 9.80 Å². The molecule has 3 aliphatic rings. The zero-order valence-electron chi connectivity index (χ0n) is 14.9. The quantitative estimate of drug-likeness (QED) is 0.820. The van der Waals surface area contributed by atoms with E-state index in [9.17, 15) is 0 Å². The number of nitrogens with zero attached hydrogens (tertiary/aromatic N) is 2.